The topological polar surface area (TPSA) is 38.7 Å². The molecule has 3 nitrogen and oxygen atoms in total. The normalized spacial score (nSPS) is 13.6. The molecule has 128 valence electrons. The molecule has 1 unspecified atom stereocenters. The first-order valence-corrected chi connectivity index (χ1v) is 8.73. The Bertz CT molecular complexity index is 741. The fraction of sp³-hybridized carbons (Fsp3) is 0.235. The van der Waals surface area contributed by atoms with Gasteiger partial charge in [0.05, 0.1) is 29.3 Å². The number of ether oxygens (including phenoxy) is 1. The standard InChI is InChI=1S/C17H16ClF2NO2S/c1-12-3-9-15(10-4-12)24(22)11-16(17(18,19)20)21-13-5-7-14(23-2)8-6-13/h3-10H,11H2,1-2H3. The van der Waals surface area contributed by atoms with Gasteiger partial charge in [-0.05, 0) is 54.9 Å². The highest BCUT2D eigenvalue weighted by Crippen LogP contribution is 2.26. The third-order valence-corrected chi connectivity index (χ3v) is 4.77. The molecule has 0 radical (unpaired) electrons. The summed E-state index contributed by atoms with van der Waals surface area (Å²) in [6.07, 6.45) is 0. The average molecular weight is 372 g/mol. The van der Waals surface area contributed by atoms with Crippen molar-refractivity contribution in [3.63, 3.8) is 0 Å². The average Bonchev–Trinajstić information content (AvgIpc) is 2.54. The van der Waals surface area contributed by atoms with Crippen LogP contribution in [0.1, 0.15) is 5.56 Å². The predicted molar refractivity (Wildman–Crippen MR) is 93.3 cm³/mol. The number of methoxy groups -OCH3 is 1. The molecule has 0 fully saturated rings. The summed E-state index contributed by atoms with van der Waals surface area (Å²) in [4.78, 5) is 4.32. The number of hydrogen-bond acceptors (Lipinski definition) is 3. The van der Waals surface area contributed by atoms with Gasteiger partial charge in [-0.15, -0.1) is 0 Å². The molecule has 2 aromatic rings. The summed E-state index contributed by atoms with van der Waals surface area (Å²) < 4.78 is 44.6. The fourth-order valence-electron chi connectivity index (χ4n) is 1.89. The Hall–Kier alpha value is -1.79. The molecule has 0 saturated heterocycles. The van der Waals surface area contributed by atoms with Gasteiger partial charge in [-0.1, -0.05) is 17.7 Å². The highest BCUT2D eigenvalue weighted by Gasteiger charge is 2.34. The van der Waals surface area contributed by atoms with Crippen LogP contribution in [0, 0.1) is 6.92 Å². The molecule has 2 aromatic carbocycles. The molecular weight excluding hydrogens is 356 g/mol. The molecule has 7 heteroatoms. The Labute approximate surface area is 146 Å². The second-order valence-corrected chi connectivity index (χ2v) is 6.98. The molecule has 2 rings (SSSR count). The number of hydrogen-bond donors (Lipinski definition) is 0. The molecule has 24 heavy (non-hydrogen) atoms. The molecule has 0 aliphatic heterocycles. The van der Waals surface area contributed by atoms with Gasteiger partial charge in [0.1, 0.15) is 11.5 Å². The summed E-state index contributed by atoms with van der Waals surface area (Å²) in [6.45, 7) is 1.89. The minimum atomic E-state index is -3.68. The van der Waals surface area contributed by atoms with Crippen LogP contribution in [0.2, 0.25) is 0 Å². The van der Waals surface area contributed by atoms with Crippen molar-refractivity contribution in [1.82, 2.24) is 0 Å². The largest absolute Gasteiger partial charge is 0.497 e. The highest BCUT2D eigenvalue weighted by atomic mass is 35.5. The number of aryl methyl sites for hydroxylation is 1. The lowest BCUT2D eigenvalue weighted by Crippen LogP contribution is -2.27. The minimum absolute atomic E-state index is 0.284. The van der Waals surface area contributed by atoms with Crippen LogP contribution in [0.4, 0.5) is 14.5 Å². The van der Waals surface area contributed by atoms with Gasteiger partial charge in [-0.25, -0.2) is 4.99 Å². The highest BCUT2D eigenvalue weighted by molar-refractivity contribution is 7.85. The van der Waals surface area contributed by atoms with Gasteiger partial charge >= 0.3 is 5.38 Å². The molecule has 0 aromatic heterocycles. The quantitative estimate of drug-likeness (QED) is 0.544. The maximum atomic E-state index is 13.6. The van der Waals surface area contributed by atoms with Crippen molar-refractivity contribution in [1.29, 1.82) is 0 Å². The molecule has 0 N–H and O–H groups in total. The van der Waals surface area contributed by atoms with Crippen LogP contribution in [0.25, 0.3) is 0 Å². The van der Waals surface area contributed by atoms with E-state index < -0.39 is 27.6 Å². The van der Waals surface area contributed by atoms with Crippen LogP contribution < -0.4 is 4.74 Å². The van der Waals surface area contributed by atoms with E-state index in [1.54, 1.807) is 36.4 Å². The first kappa shape index (κ1) is 18.5. The molecule has 0 aliphatic carbocycles. The predicted octanol–water partition coefficient (Wildman–Crippen LogP) is 4.72. The number of benzene rings is 2. The smallest absolute Gasteiger partial charge is 0.361 e. The van der Waals surface area contributed by atoms with Gasteiger partial charge in [0.25, 0.3) is 0 Å². The van der Waals surface area contributed by atoms with Crippen LogP contribution in [0.3, 0.4) is 0 Å². The summed E-state index contributed by atoms with van der Waals surface area (Å²) in [6, 6.07) is 13.1. The third-order valence-electron chi connectivity index (χ3n) is 3.22. The van der Waals surface area contributed by atoms with E-state index in [4.69, 9.17) is 16.3 Å². The van der Waals surface area contributed by atoms with Crippen molar-refractivity contribution in [3.8, 4) is 5.75 Å². The van der Waals surface area contributed by atoms with E-state index >= 15 is 0 Å². The van der Waals surface area contributed by atoms with Crippen LogP contribution in [-0.2, 0) is 10.8 Å². The zero-order valence-electron chi connectivity index (χ0n) is 13.1. The Balaban J connectivity index is 2.26. The monoisotopic (exact) mass is 371 g/mol. The van der Waals surface area contributed by atoms with E-state index in [1.165, 1.54) is 19.2 Å². The third kappa shape index (κ3) is 5.11. The molecule has 0 spiro atoms. The SMILES string of the molecule is COc1ccc(N=C(CS(=O)c2ccc(C)cc2)C(F)(F)Cl)cc1. The molecule has 0 amide bonds. The van der Waals surface area contributed by atoms with Gasteiger partial charge in [-0.2, -0.15) is 8.78 Å². The maximum absolute atomic E-state index is 13.6. The zero-order chi connectivity index (χ0) is 17.7. The molecule has 0 aliphatic rings. The van der Waals surface area contributed by atoms with Crippen molar-refractivity contribution in [2.45, 2.75) is 17.2 Å². The molecule has 0 heterocycles. The van der Waals surface area contributed by atoms with Crippen LogP contribution in [0.5, 0.6) is 5.75 Å². The maximum Gasteiger partial charge on any atom is 0.361 e. The first-order chi connectivity index (χ1) is 11.3. The van der Waals surface area contributed by atoms with Crippen LogP contribution in [-0.4, -0.2) is 28.2 Å². The summed E-state index contributed by atoms with van der Waals surface area (Å²) in [7, 11) is -0.166. The van der Waals surface area contributed by atoms with Gasteiger partial charge in [-0.3, -0.25) is 4.21 Å². The van der Waals surface area contributed by atoms with Crippen molar-refractivity contribution in [3.05, 3.63) is 54.1 Å². The Morgan fingerprint density at radius 1 is 1.17 bits per heavy atom. The van der Waals surface area contributed by atoms with E-state index in [9.17, 15) is 13.0 Å². The van der Waals surface area contributed by atoms with Gasteiger partial charge in [0, 0.05) is 4.90 Å². The van der Waals surface area contributed by atoms with Crippen molar-refractivity contribution >= 4 is 33.8 Å². The van der Waals surface area contributed by atoms with Crippen molar-refractivity contribution in [2.75, 3.05) is 12.9 Å². The fourth-order valence-corrected chi connectivity index (χ4v) is 3.18. The zero-order valence-corrected chi connectivity index (χ0v) is 14.7. The van der Waals surface area contributed by atoms with Crippen molar-refractivity contribution < 1.29 is 17.7 Å². The number of rotatable bonds is 6. The lowest BCUT2D eigenvalue weighted by molar-refractivity contribution is 0.175. The Morgan fingerprint density at radius 2 is 1.75 bits per heavy atom. The lowest BCUT2D eigenvalue weighted by Gasteiger charge is -2.12. The van der Waals surface area contributed by atoms with E-state index in [-0.39, 0.29) is 5.69 Å². The van der Waals surface area contributed by atoms with Gasteiger partial charge < -0.3 is 4.74 Å². The number of nitrogens with zero attached hydrogens (tertiary/aromatic N) is 1. The molecule has 0 saturated carbocycles. The van der Waals surface area contributed by atoms with E-state index in [0.717, 1.165) is 5.56 Å². The first-order valence-electron chi connectivity index (χ1n) is 7.03. The molecule has 0 bridgehead atoms. The van der Waals surface area contributed by atoms with Gasteiger partial charge in [0.2, 0.25) is 0 Å². The molecule has 1 atom stereocenters. The van der Waals surface area contributed by atoms with Crippen LogP contribution in [0.15, 0.2) is 58.4 Å². The van der Waals surface area contributed by atoms with Crippen molar-refractivity contribution in [2.24, 2.45) is 4.99 Å². The summed E-state index contributed by atoms with van der Waals surface area (Å²) in [5, 5.41) is -3.68. The van der Waals surface area contributed by atoms with E-state index in [0.29, 0.717) is 10.6 Å². The number of aliphatic imine (C=N–C) groups is 1. The Kier molecular flexibility index (Phi) is 6.07. The van der Waals surface area contributed by atoms with E-state index in [2.05, 4.69) is 4.99 Å². The van der Waals surface area contributed by atoms with Crippen LogP contribution >= 0.6 is 11.6 Å². The number of alkyl halides is 3. The summed E-state index contributed by atoms with van der Waals surface area (Å²) in [5.41, 5.74) is 0.630. The lowest BCUT2D eigenvalue weighted by atomic mass is 10.2. The Morgan fingerprint density at radius 3 is 2.25 bits per heavy atom. The second-order valence-electron chi connectivity index (χ2n) is 5.06. The minimum Gasteiger partial charge on any atom is -0.497 e. The second kappa shape index (κ2) is 7.85. The number of halogens is 3. The summed E-state index contributed by atoms with van der Waals surface area (Å²) in [5.74, 6) is 0.127. The molecular formula is C17H16ClF2NO2S. The van der Waals surface area contributed by atoms with E-state index in [1.807, 2.05) is 6.92 Å². The summed E-state index contributed by atoms with van der Waals surface area (Å²) >= 11 is 5.14. The van der Waals surface area contributed by atoms with Gasteiger partial charge in [0.15, 0.2) is 0 Å².